The van der Waals surface area contributed by atoms with Crippen molar-refractivity contribution in [2.24, 2.45) is 0 Å². The summed E-state index contributed by atoms with van der Waals surface area (Å²) in [4.78, 5) is 1.79. The summed E-state index contributed by atoms with van der Waals surface area (Å²) in [5.74, 6) is 0. The van der Waals surface area contributed by atoms with Crippen LogP contribution in [-0.2, 0) is 0 Å². The highest BCUT2D eigenvalue weighted by molar-refractivity contribution is 4.88. The van der Waals surface area contributed by atoms with E-state index in [-0.39, 0.29) is 0 Å². The molecule has 2 rings (SSSR count). The van der Waals surface area contributed by atoms with Gasteiger partial charge in [0.1, 0.15) is 0 Å². The van der Waals surface area contributed by atoms with E-state index in [1.54, 1.807) is 11.0 Å². The van der Waals surface area contributed by atoms with Crippen LogP contribution in [0.2, 0.25) is 0 Å². The van der Waals surface area contributed by atoms with Crippen molar-refractivity contribution in [3.8, 4) is 0 Å². The zero-order chi connectivity index (χ0) is 7.52. The highest BCUT2D eigenvalue weighted by Gasteiger charge is 2.08. The summed E-state index contributed by atoms with van der Waals surface area (Å²) in [6.07, 6.45) is 3.56. The van der Waals surface area contributed by atoms with Gasteiger partial charge in [-0.05, 0) is 5.21 Å². The molecule has 1 aliphatic heterocycles. The number of rotatable bonds is 1. The van der Waals surface area contributed by atoms with E-state index >= 15 is 0 Å². The van der Waals surface area contributed by atoms with Crippen LogP contribution in [0.3, 0.4) is 0 Å². The number of aromatic nitrogens is 3. The van der Waals surface area contributed by atoms with Crippen LogP contribution in [0.5, 0.6) is 0 Å². The van der Waals surface area contributed by atoms with Gasteiger partial charge in [-0.1, -0.05) is 0 Å². The van der Waals surface area contributed by atoms with Crippen molar-refractivity contribution < 1.29 is 0 Å². The molecule has 0 aliphatic carbocycles. The number of hydrogen-bond acceptors (Lipinski definition) is 4. The highest BCUT2D eigenvalue weighted by Crippen LogP contribution is 1.89. The van der Waals surface area contributed by atoms with Gasteiger partial charge in [0.05, 0.1) is 12.4 Å². The molecule has 60 valence electrons. The summed E-state index contributed by atoms with van der Waals surface area (Å²) in [6.45, 7) is 4.06. The summed E-state index contributed by atoms with van der Waals surface area (Å²) < 4.78 is 0. The molecule has 1 aromatic heterocycles. The van der Waals surface area contributed by atoms with Crippen molar-refractivity contribution in [2.75, 3.05) is 31.2 Å². The Hall–Kier alpha value is -1.10. The average Bonchev–Trinajstić information content (AvgIpc) is 2.58. The van der Waals surface area contributed by atoms with E-state index in [9.17, 15) is 0 Å². The molecule has 0 unspecified atom stereocenters. The fourth-order valence-electron chi connectivity index (χ4n) is 1.21. The van der Waals surface area contributed by atoms with Crippen molar-refractivity contribution in [3.05, 3.63) is 12.4 Å². The Morgan fingerprint density at radius 2 is 2.09 bits per heavy atom. The van der Waals surface area contributed by atoms with Gasteiger partial charge in [-0.25, -0.2) is 0 Å². The maximum absolute atomic E-state index is 3.90. The molecule has 0 aromatic carbocycles. The first kappa shape index (κ1) is 6.60. The molecule has 0 atom stereocenters. The van der Waals surface area contributed by atoms with Gasteiger partial charge in [-0.2, -0.15) is 4.79 Å². The van der Waals surface area contributed by atoms with Gasteiger partial charge in [0.2, 0.25) is 0 Å². The minimum absolute atomic E-state index is 1.00. The number of nitrogens with one attached hydrogen (secondary N) is 1. The molecule has 0 radical (unpaired) electrons. The van der Waals surface area contributed by atoms with E-state index < -0.39 is 0 Å². The Labute approximate surface area is 65.0 Å². The van der Waals surface area contributed by atoms with Gasteiger partial charge >= 0.3 is 0 Å². The predicted molar refractivity (Wildman–Crippen MR) is 40.8 cm³/mol. The fraction of sp³-hybridized carbons (Fsp3) is 0.667. The normalized spacial score (nSPS) is 18.7. The molecule has 2 heterocycles. The van der Waals surface area contributed by atoms with E-state index in [0.717, 1.165) is 26.2 Å². The third-order valence-corrected chi connectivity index (χ3v) is 1.79. The van der Waals surface area contributed by atoms with Crippen LogP contribution in [0.15, 0.2) is 12.4 Å². The lowest BCUT2D eigenvalue weighted by Crippen LogP contribution is -2.49. The molecular weight excluding hydrogens is 142 g/mol. The Morgan fingerprint density at radius 1 is 1.27 bits per heavy atom. The molecule has 1 N–H and O–H groups in total. The fourth-order valence-corrected chi connectivity index (χ4v) is 1.21. The second kappa shape index (κ2) is 2.87. The first-order valence-corrected chi connectivity index (χ1v) is 3.79. The lowest BCUT2D eigenvalue weighted by Gasteiger charge is -2.27. The molecule has 0 amide bonds. The van der Waals surface area contributed by atoms with Crippen LogP contribution in [0.4, 0.5) is 0 Å². The predicted octanol–water partition coefficient (Wildman–Crippen LogP) is -1.18. The Kier molecular flexibility index (Phi) is 1.72. The average molecular weight is 153 g/mol. The van der Waals surface area contributed by atoms with Crippen molar-refractivity contribution in [2.45, 2.75) is 0 Å². The molecule has 0 saturated carbocycles. The van der Waals surface area contributed by atoms with Crippen molar-refractivity contribution >= 4 is 0 Å². The third-order valence-electron chi connectivity index (χ3n) is 1.79. The summed E-state index contributed by atoms with van der Waals surface area (Å²) >= 11 is 0. The molecule has 1 aliphatic rings. The van der Waals surface area contributed by atoms with Gasteiger partial charge < -0.3 is 5.32 Å². The smallest absolute Gasteiger partial charge is 0.0715 e. The van der Waals surface area contributed by atoms with Crippen LogP contribution in [0, 0.1) is 0 Å². The monoisotopic (exact) mass is 153 g/mol. The Morgan fingerprint density at radius 3 is 2.73 bits per heavy atom. The van der Waals surface area contributed by atoms with Crippen molar-refractivity contribution in [1.29, 1.82) is 0 Å². The van der Waals surface area contributed by atoms with Gasteiger partial charge in [0, 0.05) is 26.2 Å². The highest BCUT2D eigenvalue weighted by atomic mass is 15.7. The van der Waals surface area contributed by atoms with Crippen LogP contribution < -0.4 is 10.3 Å². The molecule has 1 fully saturated rings. The molecule has 5 heteroatoms. The second-order valence-electron chi connectivity index (χ2n) is 2.53. The first-order valence-electron chi connectivity index (χ1n) is 3.79. The Bertz CT molecular complexity index is 201. The topological polar surface area (TPSA) is 46.0 Å². The van der Waals surface area contributed by atoms with Gasteiger partial charge in [-0.3, -0.25) is 5.01 Å². The van der Waals surface area contributed by atoms with Crippen LogP contribution in [0.25, 0.3) is 0 Å². The van der Waals surface area contributed by atoms with E-state index in [4.69, 9.17) is 0 Å². The summed E-state index contributed by atoms with van der Waals surface area (Å²) in [5.41, 5.74) is 0. The molecule has 5 nitrogen and oxygen atoms in total. The summed E-state index contributed by atoms with van der Waals surface area (Å²) in [5, 5.41) is 13.1. The lowest BCUT2D eigenvalue weighted by atomic mass is 10.4. The molecule has 11 heavy (non-hydrogen) atoms. The number of hydrogen-bond donors (Lipinski definition) is 1. The maximum Gasteiger partial charge on any atom is 0.0715 e. The molecule has 0 bridgehead atoms. The van der Waals surface area contributed by atoms with Gasteiger partial charge in [0.25, 0.3) is 0 Å². The first-order chi connectivity index (χ1) is 5.47. The SMILES string of the molecule is c1cn(N2CCNCC2)nn1. The second-order valence-corrected chi connectivity index (χ2v) is 2.53. The van der Waals surface area contributed by atoms with Gasteiger partial charge in [0.15, 0.2) is 0 Å². The van der Waals surface area contributed by atoms with Gasteiger partial charge in [-0.15, -0.1) is 5.10 Å². The minimum Gasteiger partial charge on any atom is -0.313 e. The van der Waals surface area contributed by atoms with E-state index in [1.165, 1.54) is 0 Å². The van der Waals surface area contributed by atoms with E-state index in [1.807, 2.05) is 6.20 Å². The zero-order valence-electron chi connectivity index (χ0n) is 6.27. The van der Waals surface area contributed by atoms with Crippen LogP contribution in [0.1, 0.15) is 0 Å². The van der Waals surface area contributed by atoms with E-state index in [2.05, 4.69) is 20.6 Å². The van der Waals surface area contributed by atoms with Crippen LogP contribution in [-0.4, -0.2) is 41.3 Å². The molecule has 1 aromatic rings. The summed E-state index contributed by atoms with van der Waals surface area (Å²) in [6, 6.07) is 0. The standard InChI is InChI=1S/C6H11N5/c1-4-10(5-2-7-1)11-6-3-8-9-11/h3,6-7H,1-2,4-5H2. The quantitative estimate of drug-likeness (QED) is 0.551. The van der Waals surface area contributed by atoms with Crippen molar-refractivity contribution in [3.63, 3.8) is 0 Å². The molecule has 0 spiro atoms. The lowest BCUT2D eigenvalue weighted by molar-refractivity contribution is 0.452. The zero-order valence-corrected chi connectivity index (χ0v) is 6.27. The Balaban J connectivity index is 2.04. The van der Waals surface area contributed by atoms with Crippen LogP contribution >= 0.6 is 0 Å². The molecular formula is C6H11N5. The third kappa shape index (κ3) is 1.32. The number of nitrogens with zero attached hydrogens (tertiary/aromatic N) is 4. The maximum atomic E-state index is 3.90. The molecule has 1 saturated heterocycles. The van der Waals surface area contributed by atoms with Crippen molar-refractivity contribution in [1.82, 2.24) is 20.4 Å². The largest absolute Gasteiger partial charge is 0.313 e. The summed E-state index contributed by atoms with van der Waals surface area (Å²) in [7, 11) is 0. The number of piperazine rings is 1. The van der Waals surface area contributed by atoms with E-state index in [0.29, 0.717) is 0 Å². The minimum atomic E-state index is 1.00.